The van der Waals surface area contributed by atoms with E-state index in [4.69, 9.17) is 0 Å². The van der Waals surface area contributed by atoms with E-state index in [-0.39, 0.29) is 33.0 Å². The maximum atomic E-state index is 14.0. The summed E-state index contributed by atoms with van der Waals surface area (Å²) in [4.78, 5) is 37.4. The molecule has 0 unspecified atom stereocenters. The lowest BCUT2D eigenvalue weighted by Crippen LogP contribution is -2.38. The fourth-order valence-electron chi connectivity index (χ4n) is 2.37. The minimum absolute atomic E-state index is 0.0326. The summed E-state index contributed by atoms with van der Waals surface area (Å²) < 4.78 is 29.4. The van der Waals surface area contributed by atoms with Crippen molar-refractivity contribution in [3.8, 4) is 0 Å². The maximum absolute atomic E-state index is 14.0. The molecule has 2 aromatic rings. The number of Topliss-reactive ketones (excluding diaryl/α,β-unsaturated/α-hetero) is 1. The second-order valence-corrected chi connectivity index (χ2v) is 8.65. The average molecular weight is 422 g/mol. The van der Waals surface area contributed by atoms with Crippen LogP contribution >= 0.6 is 11.3 Å². The second-order valence-electron chi connectivity index (χ2n) is 7.58. The highest BCUT2D eigenvalue weighted by atomic mass is 32.1. The first-order valence-corrected chi connectivity index (χ1v) is 10.0. The van der Waals surface area contributed by atoms with E-state index < -0.39 is 22.6 Å². The summed E-state index contributed by atoms with van der Waals surface area (Å²) in [6.45, 7) is 7.27. The number of hydrogen-bond donors (Lipinski definition) is 1. The fraction of sp³-hybridized carbons (Fsp3) is 0.381. The zero-order valence-electron chi connectivity index (χ0n) is 16.8. The molecule has 0 fully saturated rings. The highest BCUT2D eigenvalue weighted by Gasteiger charge is 2.20. The molecule has 0 atom stereocenters. The maximum Gasteiger partial charge on any atom is 0.269 e. The van der Waals surface area contributed by atoms with Crippen LogP contribution in [0.4, 0.5) is 8.78 Å². The van der Waals surface area contributed by atoms with E-state index >= 15 is 0 Å². The number of nitrogens with one attached hydrogen (secondary N) is 1. The Hall–Kier alpha value is -2.61. The van der Waals surface area contributed by atoms with E-state index in [0.29, 0.717) is 6.54 Å². The molecule has 0 aliphatic carbocycles. The van der Waals surface area contributed by atoms with Gasteiger partial charge in [-0.25, -0.2) is 8.78 Å². The molecule has 2 rings (SSSR count). The van der Waals surface area contributed by atoms with Crippen LogP contribution in [0.5, 0.6) is 0 Å². The smallest absolute Gasteiger partial charge is 0.269 e. The van der Waals surface area contributed by atoms with Gasteiger partial charge in [0.25, 0.3) is 5.56 Å². The molecule has 0 bridgehead atoms. The van der Waals surface area contributed by atoms with Crippen molar-refractivity contribution in [2.24, 2.45) is 5.41 Å². The standard InChI is InChI=1S/C21H24F2N2O3S/c1-5-9-24-18(27)12-25-19(11-17(26)21(2,3)4)29-16(20(25)28)10-13-14(22)7-6-8-15(13)23/h6-8,10-11H,5,9,12H2,1-4H3,(H,24,27)/b16-10+,19-11-. The van der Waals surface area contributed by atoms with E-state index in [1.807, 2.05) is 6.92 Å². The lowest BCUT2D eigenvalue weighted by atomic mass is 9.91. The third-order valence-corrected chi connectivity index (χ3v) is 5.14. The fourth-order valence-corrected chi connectivity index (χ4v) is 3.39. The number of amides is 1. The van der Waals surface area contributed by atoms with Gasteiger partial charge in [0.2, 0.25) is 5.91 Å². The molecule has 1 aromatic carbocycles. The SMILES string of the molecule is CCCNC(=O)Cn1c(=O)/c(=C\c2c(F)cccc2F)s/c1=C\C(=O)C(C)(C)C. The average Bonchev–Trinajstić information content (AvgIpc) is 2.91. The van der Waals surface area contributed by atoms with Gasteiger partial charge in [0.1, 0.15) is 22.8 Å². The second kappa shape index (κ2) is 9.26. The van der Waals surface area contributed by atoms with E-state index in [0.717, 1.165) is 40.5 Å². The molecule has 1 aromatic heterocycles. The van der Waals surface area contributed by atoms with Crippen LogP contribution in [-0.4, -0.2) is 22.8 Å². The predicted molar refractivity (Wildman–Crippen MR) is 110 cm³/mol. The molecule has 0 saturated carbocycles. The van der Waals surface area contributed by atoms with Crippen LogP contribution in [0.25, 0.3) is 12.2 Å². The summed E-state index contributed by atoms with van der Waals surface area (Å²) >= 11 is 0.914. The molecule has 5 nitrogen and oxygen atoms in total. The Balaban J connectivity index is 2.67. The van der Waals surface area contributed by atoms with Crippen molar-refractivity contribution in [3.63, 3.8) is 0 Å². The third-order valence-electron chi connectivity index (χ3n) is 4.08. The number of nitrogens with zero attached hydrogens (tertiary/aromatic N) is 1. The molecular weight excluding hydrogens is 398 g/mol. The Morgan fingerprint density at radius 1 is 1.21 bits per heavy atom. The Morgan fingerprint density at radius 2 is 1.83 bits per heavy atom. The Labute approximate surface area is 171 Å². The van der Waals surface area contributed by atoms with Crippen molar-refractivity contribution in [2.45, 2.75) is 40.7 Å². The Morgan fingerprint density at radius 3 is 2.38 bits per heavy atom. The number of benzene rings is 1. The van der Waals surface area contributed by atoms with Crippen molar-refractivity contribution in [1.29, 1.82) is 0 Å². The van der Waals surface area contributed by atoms with Crippen molar-refractivity contribution in [3.05, 3.63) is 54.9 Å². The number of rotatable bonds is 6. The summed E-state index contributed by atoms with van der Waals surface area (Å²) in [5.74, 6) is -2.22. The molecule has 0 aliphatic heterocycles. The molecule has 0 spiro atoms. The van der Waals surface area contributed by atoms with Gasteiger partial charge in [0.15, 0.2) is 5.78 Å². The summed E-state index contributed by atoms with van der Waals surface area (Å²) in [5, 5.41) is 2.67. The first-order chi connectivity index (χ1) is 13.5. The van der Waals surface area contributed by atoms with E-state index in [1.54, 1.807) is 20.8 Å². The predicted octanol–water partition coefficient (Wildman–Crippen LogP) is 1.94. The number of hydrogen-bond acceptors (Lipinski definition) is 4. The van der Waals surface area contributed by atoms with Crippen LogP contribution in [0.1, 0.15) is 39.7 Å². The van der Waals surface area contributed by atoms with Crippen LogP contribution < -0.4 is 20.1 Å². The van der Waals surface area contributed by atoms with Crippen LogP contribution in [0.3, 0.4) is 0 Å². The quantitative estimate of drug-likeness (QED) is 0.774. The van der Waals surface area contributed by atoms with Gasteiger partial charge >= 0.3 is 0 Å². The number of halogens is 2. The highest BCUT2D eigenvalue weighted by Crippen LogP contribution is 2.15. The summed E-state index contributed by atoms with van der Waals surface area (Å²) in [7, 11) is 0. The van der Waals surface area contributed by atoms with E-state index in [2.05, 4.69) is 5.32 Å². The molecule has 0 saturated heterocycles. The zero-order chi connectivity index (χ0) is 21.8. The van der Waals surface area contributed by atoms with Crippen LogP contribution in [0, 0.1) is 17.0 Å². The number of aromatic nitrogens is 1. The molecule has 29 heavy (non-hydrogen) atoms. The van der Waals surface area contributed by atoms with Gasteiger partial charge in [-0.2, -0.15) is 0 Å². The van der Waals surface area contributed by atoms with Crippen LogP contribution in [0.15, 0.2) is 23.0 Å². The zero-order valence-corrected chi connectivity index (χ0v) is 17.7. The Kier molecular flexibility index (Phi) is 7.24. The van der Waals surface area contributed by atoms with Gasteiger partial charge in [-0.15, -0.1) is 11.3 Å². The Bertz CT molecular complexity index is 1070. The van der Waals surface area contributed by atoms with Gasteiger partial charge in [0, 0.05) is 23.6 Å². The van der Waals surface area contributed by atoms with Crippen LogP contribution in [0.2, 0.25) is 0 Å². The molecular formula is C21H24F2N2O3S. The normalized spacial score (nSPS) is 13.0. The summed E-state index contributed by atoms with van der Waals surface area (Å²) in [5.41, 5.74) is -1.61. The largest absolute Gasteiger partial charge is 0.355 e. The molecule has 1 N–H and O–H groups in total. The third kappa shape index (κ3) is 5.69. The minimum Gasteiger partial charge on any atom is -0.355 e. The van der Waals surface area contributed by atoms with Crippen molar-refractivity contribution < 1.29 is 18.4 Å². The topological polar surface area (TPSA) is 68.2 Å². The summed E-state index contributed by atoms with van der Waals surface area (Å²) in [6.07, 6.45) is 3.14. The number of carbonyl (C=O) groups excluding carboxylic acids is 2. The van der Waals surface area contributed by atoms with Gasteiger partial charge in [-0.3, -0.25) is 19.0 Å². The molecule has 1 heterocycles. The van der Waals surface area contributed by atoms with Gasteiger partial charge < -0.3 is 5.32 Å². The number of carbonyl (C=O) groups is 2. The first kappa shape index (κ1) is 22.7. The van der Waals surface area contributed by atoms with E-state index in [1.165, 1.54) is 12.1 Å². The molecule has 156 valence electrons. The van der Waals surface area contributed by atoms with Crippen molar-refractivity contribution >= 4 is 35.2 Å². The highest BCUT2D eigenvalue weighted by molar-refractivity contribution is 7.07. The van der Waals surface area contributed by atoms with Crippen molar-refractivity contribution in [1.82, 2.24) is 9.88 Å². The van der Waals surface area contributed by atoms with E-state index in [9.17, 15) is 23.2 Å². The molecule has 0 aliphatic rings. The van der Waals surface area contributed by atoms with Gasteiger partial charge in [-0.1, -0.05) is 33.8 Å². The van der Waals surface area contributed by atoms with Gasteiger partial charge in [-0.05, 0) is 24.6 Å². The lowest BCUT2D eigenvalue weighted by Gasteiger charge is -2.12. The molecule has 0 radical (unpaired) electrons. The monoisotopic (exact) mass is 422 g/mol. The van der Waals surface area contributed by atoms with Gasteiger partial charge in [0.05, 0.1) is 4.53 Å². The molecule has 1 amide bonds. The summed E-state index contributed by atoms with van der Waals surface area (Å²) in [6, 6.07) is 3.42. The number of ketones is 1. The molecule has 8 heteroatoms. The minimum atomic E-state index is -0.804. The first-order valence-electron chi connectivity index (χ1n) is 9.22. The van der Waals surface area contributed by atoms with Crippen LogP contribution in [-0.2, 0) is 16.1 Å². The van der Waals surface area contributed by atoms with Crippen molar-refractivity contribution in [2.75, 3.05) is 6.54 Å². The lowest BCUT2D eigenvalue weighted by molar-refractivity contribution is -0.122. The number of thiazole rings is 1.